The Labute approximate surface area is 131 Å². The average Bonchev–Trinajstić information content (AvgIpc) is 2.50. The molecule has 5 heteroatoms. The van der Waals surface area contributed by atoms with Crippen molar-refractivity contribution in [2.45, 2.75) is 37.6 Å². The van der Waals surface area contributed by atoms with Crippen LogP contribution in [0.1, 0.15) is 26.7 Å². The molecule has 1 amide bonds. The minimum atomic E-state index is -0.183. The molecule has 4 nitrogen and oxygen atoms in total. The molecular weight excluding hydrogens is 284 g/mol. The number of nitrogens with zero attached hydrogens (tertiary/aromatic N) is 1. The van der Waals surface area contributed by atoms with Crippen LogP contribution >= 0.6 is 11.8 Å². The fourth-order valence-electron chi connectivity index (χ4n) is 2.51. The predicted molar refractivity (Wildman–Crippen MR) is 88.1 cm³/mol. The fourth-order valence-corrected chi connectivity index (χ4v) is 3.28. The van der Waals surface area contributed by atoms with E-state index in [2.05, 4.69) is 36.5 Å². The maximum Gasteiger partial charge on any atom is 0.409 e. The lowest BCUT2D eigenvalue weighted by atomic mass is 10.1. The molecule has 2 rings (SSSR count). The molecule has 0 unspecified atom stereocenters. The minimum Gasteiger partial charge on any atom is -0.450 e. The number of benzene rings is 1. The first-order valence-electron chi connectivity index (χ1n) is 7.64. The van der Waals surface area contributed by atoms with Crippen molar-refractivity contribution in [2.75, 3.05) is 30.8 Å². The normalized spacial score (nSPS) is 15.8. The second kappa shape index (κ2) is 8.17. The molecule has 0 aliphatic carbocycles. The minimum absolute atomic E-state index is 0.183. The highest BCUT2D eigenvalue weighted by atomic mass is 32.2. The van der Waals surface area contributed by atoms with Crippen molar-refractivity contribution in [3.05, 3.63) is 24.3 Å². The van der Waals surface area contributed by atoms with Crippen LogP contribution < -0.4 is 5.32 Å². The number of amides is 1. The van der Waals surface area contributed by atoms with E-state index in [1.54, 1.807) is 4.90 Å². The van der Waals surface area contributed by atoms with Gasteiger partial charge >= 0.3 is 6.09 Å². The highest BCUT2D eigenvalue weighted by Crippen LogP contribution is 2.28. The van der Waals surface area contributed by atoms with Gasteiger partial charge in [0.05, 0.1) is 6.61 Å². The van der Waals surface area contributed by atoms with E-state index in [0.29, 0.717) is 12.6 Å². The number of piperidine rings is 1. The SMILES string of the molecule is CCOC(=O)N1CCC(Nc2ccccc2SCC)CC1. The lowest BCUT2D eigenvalue weighted by molar-refractivity contribution is 0.0983. The number of thioether (sulfide) groups is 1. The molecule has 1 aliphatic heterocycles. The van der Waals surface area contributed by atoms with Crippen LogP contribution in [0.5, 0.6) is 0 Å². The van der Waals surface area contributed by atoms with Gasteiger partial charge in [-0.2, -0.15) is 0 Å². The van der Waals surface area contributed by atoms with Gasteiger partial charge < -0.3 is 15.0 Å². The van der Waals surface area contributed by atoms with Crippen molar-refractivity contribution < 1.29 is 9.53 Å². The Kier molecular flexibility index (Phi) is 6.23. The summed E-state index contributed by atoms with van der Waals surface area (Å²) < 4.78 is 5.05. The fraction of sp³-hybridized carbons (Fsp3) is 0.562. The van der Waals surface area contributed by atoms with Gasteiger partial charge in [-0.05, 0) is 37.7 Å². The number of para-hydroxylation sites is 1. The van der Waals surface area contributed by atoms with E-state index in [9.17, 15) is 4.79 Å². The third-order valence-electron chi connectivity index (χ3n) is 3.57. The molecule has 0 saturated carbocycles. The van der Waals surface area contributed by atoms with Crippen molar-refractivity contribution in [2.24, 2.45) is 0 Å². The van der Waals surface area contributed by atoms with Crippen molar-refractivity contribution in [1.29, 1.82) is 0 Å². The average molecular weight is 308 g/mol. The van der Waals surface area contributed by atoms with Gasteiger partial charge in [0.15, 0.2) is 0 Å². The van der Waals surface area contributed by atoms with Crippen molar-refractivity contribution in [3.63, 3.8) is 0 Å². The van der Waals surface area contributed by atoms with Crippen LogP contribution in [0.25, 0.3) is 0 Å². The second-order valence-corrected chi connectivity index (χ2v) is 6.34. The molecule has 1 aliphatic rings. The standard InChI is InChI=1S/C16H24N2O2S/c1-3-20-16(19)18-11-9-13(10-12-18)17-14-7-5-6-8-15(14)21-4-2/h5-8,13,17H,3-4,9-12H2,1-2H3. The van der Waals surface area contributed by atoms with E-state index < -0.39 is 0 Å². The van der Waals surface area contributed by atoms with Crippen LogP contribution in [0.3, 0.4) is 0 Å². The maximum atomic E-state index is 11.7. The smallest absolute Gasteiger partial charge is 0.409 e. The Hall–Kier alpha value is -1.36. The zero-order chi connectivity index (χ0) is 15.1. The van der Waals surface area contributed by atoms with E-state index in [1.807, 2.05) is 18.7 Å². The summed E-state index contributed by atoms with van der Waals surface area (Å²) in [5, 5.41) is 3.63. The summed E-state index contributed by atoms with van der Waals surface area (Å²) in [5.41, 5.74) is 1.21. The van der Waals surface area contributed by atoms with Crippen molar-refractivity contribution in [1.82, 2.24) is 4.90 Å². The summed E-state index contributed by atoms with van der Waals surface area (Å²) in [6.45, 7) is 5.98. The molecule has 1 heterocycles. The molecule has 1 N–H and O–H groups in total. The summed E-state index contributed by atoms with van der Waals surface area (Å²) >= 11 is 1.86. The molecule has 0 spiro atoms. The number of anilines is 1. The third-order valence-corrected chi connectivity index (χ3v) is 4.52. The molecule has 1 fully saturated rings. The van der Waals surface area contributed by atoms with Gasteiger partial charge in [-0.25, -0.2) is 4.79 Å². The van der Waals surface area contributed by atoms with Gasteiger partial charge in [-0.3, -0.25) is 0 Å². The van der Waals surface area contributed by atoms with Crippen LogP contribution in [0.2, 0.25) is 0 Å². The third kappa shape index (κ3) is 4.56. The number of rotatable bonds is 5. The van der Waals surface area contributed by atoms with Gasteiger partial charge in [-0.1, -0.05) is 19.1 Å². The molecule has 1 aromatic carbocycles. The first kappa shape index (κ1) is 16.0. The van der Waals surface area contributed by atoms with Gasteiger partial charge in [0.1, 0.15) is 0 Å². The van der Waals surface area contributed by atoms with Gasteiger partial charge in [0.25, 0.3) is 0 Å². The lowest BCUT2D eigenvalue weighted by Gasteiger charge is -2.32. The molecule has 21 heavy (non-hydrogen) atoms. The topological polar surface area (TPSA) is 41.6 Å². The first-order chi connectivity index (χ1) is 10.2. The zero-order valence-electron chi connectivity index (χ0n) is 12.8. The first-order valence-corrected chi connectivity index (χ1v) is 8.63. The summed E-state index contributed by atoms with van der Waals surface area (Å²) in [4.78, 5) is 14.8. The Bertz CT molecular complexity index is 459. The number of carbonyl (C=O) groups excluding carboxylic acids is 1. The van der Waals surface area contributed by atoms with Crippen LogP contribution in [0, 0.1) is 0 Å². The molecule has 1 aromatic rings. The molecule has 1 saturated heterocycles. The van der Waals surface area contributed by atoms with Crippen LogP contribution in [-0.2, 0) is 4.74 Å². The number of hydrogen-bond acceptors (Lipinski definition) is 4. The molecule has 0 aromatic heterocycles. The number of nitrogens with one attached hydrogen (secondary N) is 1. The summed E-state index contributed by atoms with van der Waals surface area (Å²) in [6, 6.07) is 8.86. The summed E-state index contributed by atoms with van der Waals surface area (Å²) in [7, 11) is 0. The Morgan fingerprint density at radius 3 is 2.71 bits per heavy atom. The van der Waals surface area contributed by atoms with Crippen LogP contribution in [0.4, 0.5) is 10.5 Å². The molecule has 0 radical (unpaired) electrons. The van der Waals surface area contributed by atoms with E-state index in [-0.39, 0.29) is 6.09 Å². The zero-order valence-corrected chi connectivity index (χ0v) is 13.6. The van der Waals surface area contributed by atoms with E-state index >= 15 is 0 Å². The summed E-state index contributed by atoms with van der Waals surface area (Å²) in [5.74, 6) is 1.07. The number of carbonyl (C=O) groups is 1. The van der Waals surface area contributed by atoms with E-state index in [4.69, 9.17) is 4.74 Å². The summed E-state index contributed by atoms with van der Waals surface area (Å²) in [6.07, 6.45) is 1.74. The molecule has 0 atom stereocenters. The lowest BCUT2D eigenvalue weighted by Crippen LogP contribution is -2.42. The maximum absolute atomic E-state index is 11.7. The van der Waals surface area contributed by atoms with Crippen LogP contribution in [-0.4, -0.2) is 42.5 Å². The largest absolute Gasteiger partial charge is 0.450 e. The van der Waals surface area contributed by atoms with Crippen LogP contribution in [0.15, 0.2) is 29.2 Å². The van der Waals surface area contributed by atoms with Gasteiger partial charge in [0.2, 0.25) is 0 Å². The monoisotopic (exact) mass is 308 g/mol. The Balaban J connectivity index is 1.87. The van der Waals surface area contributed by atoms with Gasteiger partial charge in [0, 0.05) is 29.7 Å². The predicted octanol–water partition coefficient (Wildman–Crippen LogP) is 3.83. The molecule has 116 valence electrons. The Morgan fingerprint density at radius 2 is 2.05 bits per heavy atom. The Morgan fingerprint density at radius 1 is 1.33 bits per heavy atom. The number of hydrogen-bond donors (Lipinski definition) is 1. The van der Waals surface area contributed by atoms with Gasteiger partial charge in [-0.15, -0.1) is 11.8 Å². The van der Waals surface area contributed by atoms with E-state index in [1.165, 1.54) is 10.6 Å². The highest BCUT2D eigenvalue weighted by molar-refractivity contribution is 7.99. The number of likely N-dealkylation sites (tertiary alicyclic amines) is 1. The van der Waals surface area contributed by atoms with Crippen molar-refractivity contribution in [3.8, 4) is 0 Å². The number of ether oxygens (including phenoxy) is 1. The highest BCUT2D eigenvalue weighted by Gasteiger charge is 2.23. The van der Waals surface area contributed by atoms with E-state index in [0.717, 1.165) is 31.7 Å². The molecular formula is C16H24N2O2S. The quantitative estimate of drug-likeness (QED) is 0.839. The van der Waals surface area contributed by atoms with Crippen molar-refractivity contribution >= 4 is 23.5 Å². The molecule has 0 bridgehead atoms. The second-order valence-electron chi connectivity index (χ2n) is 5.03.